The van der Waals surface area contributed by atoms with E-state index in [-0.39, 0.29) is 35.4 Å². The van der Waals surface area contributed by atoms with Crippen molar-refractivity contribution in [2.75, 3.05) is 31.6 Å². The highest BCUT2D eigenvalue weighted by Crippen LogP contribution is 2.44. The summed E-state index contributed by atoms with van der Waals surface area (Å²) in [6.07, 6.45) is 1.77. The number of rotatable bonds is 6. The van der Waals surface area contributed by atoms with E-state index in [1.54, 1.807) is 45.2 Å². The molecular formula is C28H37ClFN5O4. The summed E-state index contributed by atoms with van der Waals surface area (Å²) in [5, 5.41) is 2.70. The first-order chi connectivity index (χ1) is 18.4. The smallest absolute Gasteiger partial charge is 0.408 e. The van der Waals surface area contributed by atoms with Gasteiger partial charge < -0.3 is 24.6 Å². The van der Waals surface area contributed by atoms with Crippen molar-refractivity contribution < 1.29 is 23.5 Å². The van der Waals surface area contributed by atoms with Crippen LogP contribution in [-0.2, 0) is 20.7 Å². The molecule has 1 aromatic carbocycles. The van der Waals surface area contributed by atoms with Crippen molar-refractivity contribution in [3.8, 4) is 0 Å². The minimum atomic E-state index is -0.940. The summed E-state index contributed by atoms with van der Waals surface area (Å²) in [6, 6.07) is 3.39. The maximum absolute atomic E-state index is 14.1. The van der Waals surface area contributed by atoms with E-state index >= 15 is 0 Å². The van der Waals surface area contributed by atoms with Gasteiger partial charge in [-0.1, -0.05) is 24.6 Å². The highest BCUT2D eigenvalue weighted by Gasteiger charge is 2.38. The number of hydrogen-bond donors (Lipinski definition) is 1. The minimum absolute atomic E-state index is 0.00554. The van der Waals surface area contributed by atoms with Gasteiger partial charge in [-0.05, 0) is 57.7 Å². The van der Waals surface area contributed by atoms with Crippen LogP contribution in [0.3, 0.4) is 0 Å². The van der Waals surface area contributed by atoms with Crippen molar-refractivity contribution in [2.45, 2.75) is 77.2 Å². The molecule has 2 aromatic rings. The molecule has 1 fully saturated rings. The van der Waals surface area contributed by atoms with E-state index in [0.29, 0.717) is 25.2 Å². The SMILES string of the molecule is CO[C@@H]1C[C@@H](C)c2c1ncnc2N1CCN(C(=O)[C@@H](Cc2ccc(Cl)c(F)c2)NC(=O)OC(C)(C)C)C[C@@H]1C. The Bertz CT molecular complexity index is 1220. The van der Waals surface area contributed by atoms with Crippen LogP contribution in [0, 0.1) is 5.82 Å². The fourth-order valence-electron chi connectivity index (χ4n) is 5.36. The fraction of sp³-hybridized carbons (Fsp3) is 0.571. The molecule has 4 atom stereocenters. The number of hydrogen-bond acceptors (Lipinski definition) is 7. The lowest BCUT2D eigenvalue weighted by molar-refractivity contribution is -0.134. The lowest BCUT2D eigenvalue weighted by Crippen LogP contribution is -2.59. The van der Waals surface area contributed by atoms with Crippen molar-refractivity contribution >= 4 is 29.4 Å². The first-order valence-corrected chi connectivity index (χ1v) is 13.6. The molecule has 39 heavy (non-hydrogen) atoms. The first-order valence-electron chi connectivity index (χ1n) is 13.2. The standard InChI is InChI=1S/C28H37ClFN5O4/c1-16-11-22(38-6)24-23(16)25(32-15-31-24)35-10-9-34(14-17(35)2)26(36)21(33-27(37)39-28(3,4)5)13-18-7-8-19(29)20(30)12-18/h7-8,12,15-17,21-22H,9-11,13-14H2,1-6H3,(H,33,37)/t16-,17+,21-,22-/m1/s1. The number of carbonyl (C=O) groups excluding carboxylic acids is 2. The summed E-state index contributed by atoms with van der Waals surface area (Å²) in [4.78, 5) is 39.4. The lowest BCUT2D eigenvalue weighted by Gasteiger charge is -2.42. The number of carbonyl (C=O) groups is 2. The van der Waals surface area contributed by atoms with Crippen molar-refractivity contribution in [3.63, 3.8) is 0 Å². The maximum Gasteiger partial charge on any atom is 0.408 e. The van der Waals surface area contributed by atoms with Crippen LogP contribution >= 0.6 is 11.6 Å². The Hall–Kier alpha value is -2.98. The summed E-state index contributed by atoms with van der Waals surface area (Å²) in [5.74, 6) is 0.299. The van der Waals surface area contributed by atoms with Crippen molar-refractivity contribution in [2.24, 2.45) is 0 Å². The highest BCUT2D eigenvalue weighted by atomic mass is 35.5. The Morgan fingerprint density at radius 2 is 1.97 bits per heavy atom. The molecule has 0 spiro atoms. The van der Waals surface area contributed by atoms with E-state index in [1.807, 2.05) is 6.92 Å². The van der Waals surface area contributed by atoms with Gasteiger partial charge in [0.2, 0.25) is 5.91 Å². The van der Waals surface area contributed by atoms with Gasteiger partial charge in [0.1, 0.15) is 35.7 Å². The van der Waals surface area contributed by atoms with Gasteiger partial charge in [0.15, 0.2) is 0 Å². The number of methoxy groups -OCH3 is 1. The zero-order chi connectivity index (χ0) is 28.5. The van der Waals surface area contributed by atoms with Gasteiger partial charge in [0.25, 0.3) is 0 Å². The number of aromatic nitrogens is 2. The summed E-state index contributed by atoms with van der Waals surface area (Å²) in [6.45, 7) is 10.9. The number of anilines is 1. The van der Waals surface area contributed by atoms with Crippen molar-refractivity contribution in [3.05, 3.63) is 52.2 Å². The molecule has 2 amide bonds. The Morgan fingerprint density at radius 1 is 1.23 bits per heavy atom. The second kappa shape index (κ2) is 11.6. The minimum Gasteiger partial charge on any atom is -0.444 e. The van der Waals surface area contributed by atoms with E-state index in [1.165, 1.54) is 12.1 Å². The van der Waals surface area contributed by atoms with E-state index in [0.717, 1.165) is 23.5 Å². The Labute approximate surface area is 234 Å². The molecule has 1 aromatic heterocycles. The zero-order valence-corrected chi connectivity index (χ0v) is 24.1. The molecule has 9 nitrogen and oxygen atoms in total. The van der Waals surface area contributed by atoms with Crippen LogP contribution in [0.2, 0.25) is 5.02 Å². The number of amides is 2. The van der Waals surface area contributed by atoms with Gasteiger partial charge in [0, 0.05) is 44.8 Å². The van der Waals surface area contributed by atoms with Gasteiger partial charge in [-0.25, -0.2) is 19.2 Å². The predicted octanol–water partition coefficient (Wildman–Crippen LogP) is 4.64. The number of benzene rings is 1. The normalized spacial score (nSPS) is 21.9. The van der Waals surface area contributed by atoms with E-state index in [9.17, 15) is 14.0 Å². The van der Waals surface area contributed by atoms with Crippen molar-refractivity contribution in [1.82, 2.24) is 20.2 Å². The molecule has 0 unspecified atom stereocenters. The molecule has 1 saturated heterocycles. The molecule has 0 radical (unpaired) electrons. The summed E-state index contributed by atoms with van der Waals surface area (Å²) in [7, 11) is 1.70. The fourth-order valence-corrected chi connectivity index (χ4v) is 5.48. The van der Waals surface area contributed by atoms with Gasteiger partial charge in [-0.15, -0.1) is 0 Å². The van der Waals surface area contributed by atoms with Gasteiger partial charge >= 0.3 is 6.09 Å². The largest absolute Gasteiger partial charge is 0.444 e. The number of ether oxygens (including phenoxy) is 2. The van der Waals surface area contributed by atoms with Crippen LogP contribution in [0.4, 0.5) is 15.0 Å². The van der Waals surface area contributed by atoms with Crippen LogP contribution in [-0.4, -0.2) is 71.3 Å². The number of piperazine rings is 1. The number of fused-ring (bicyclic) bond motifs is 1. The maximum atomic E-state index is 14.1. The average Bonchev–Trinajstić information content (AvgIpc) is 3.20. The van der Waals surface area contributed by atoms with Gasteiger partial charge in [0.05, 0.1) is 10.7 Å². The third-order valence-electron chi connectivity index (χ3n) is 7.17. The number of alkyl carbamates (subject to hydrolysis) is 1. The molecule has 212 valence electrons. The molecule has 2 aliphatic rings. The highest BCUT2D eigenvalue weighted by molar-refractivity contribution is 6.30. The van der Waals surface area contributed by atoms with Gasteiger partial charge in [-0.2, -0.15) is 0 Å². The van der Waals surface area contributed by atoms with Crippen LogP contribution < -0.4 is 10.2 Å². The molecule has 1 aliphatic heterocycles. The van der Waals surface area contributed by atoms with E-state index in [4.69, 9.17) is 21.1 Å². The second-order valence-electron chi connectivity index (χ2n) is 11.3. The molecule has 1 N–H and O–H groups in total. The molecule has 11 heteroatoms. The first kappa shape index (κ1) is 29.0. The lowest BCUT2D eigenvalue weighted by atomic mass is 10.0. The van der Waals surface area contributed by atoms with Crippen LogP contribution in [0.25, 0.3) is 0 Å². The van der Waals surface area contributed by atoms with Crippen LogP contribution in [0.15, 0.2) is 24.5 Å². The molecule has 0 saturated carbocycles. The molecule has 2 heterocycles. The summed E-state index contributed by atoms with van der Waals surface area (Å²) < 4.78 is 25.2. The Kier molecular flexibility index (Phi) is 8.66. The predicted molar refractivity (Wildman–Crippen MR) is 146 cm³/mol. The molecular weight excluding hydrogens is 525 g/mol. The molecule has 4 rings (SSSR count). The number of nitrogens with one attached hydrogen (secondary N) is 1. The summed E-state index contributed by atoms with van der Waals surface area (Å²) in [5.41, 5.74) is 1.83. The van der Waals surface area contributed by atoms with E-state index in [2.05, 4.69) is 27.1 Å². The average molecular weight is 562 g/mol. The molecule has 0 bridgehead atoms. The topological polar surface area (TPSA) is 96.9 Å². The number of halogens is 2. The number of nitrogens with zero attached hydrogens (tertiary/aromatic N) is 4. The molecule has 1 aliphatic carbocycles. The van der Waals surface area contributed by atoms with Crippen LogP contribution in [0.1, 0.15) is 69.9 Å². The third-order valence-corrected chi connectivity index (χ3v) is 7.47. The zero-order valence-electron chi connectivity index (χ0n) is 23.3. The van der Waals surface area contributed by atoms with Crippen molar-refractivity contribution in [1.29, 1.82) is 0 Å². The second-order valence-corrected chi connectivity index (χ2v) is 11.7. The quantitative estimate of drug-likeness (QED) is 0.549. The van der Waals surface area contributed by atoms with Crippen LogP contribution in [0.5, 0.6) is 0 Å². The Morgan fingerprint density at radius 3 is 2.62 bits per heavy atom. The summed E-state index contributed by atoms with van der Waals surface area (Å²) >= 11 is 5.84. The monoisotopic (exact) mass is 561 g/mol. The van der Waals surface area contributed by atoms with Gasteiger partial charge in [-0.3, -0.25) is 4.79 Å². The van der Waals surface area contributed by atoms with E-state index < -0.39 is 23.6 Å². The third kappa shape index (κ3) is 6.61. The Balaban J connectivity index is 1.52.